The molecule has 1 aromatic heterocycles. The first-order valence-corrected chi connectivity index (χ1v) is 7.92. The Morgan fingerprint density at radius 2 is 1.76 bits per heavy atom. The maximum Gasteiger partial charge on any atom is 0.112 e. The summed E-state index contributed by atoms with van der Waals surface area (Å²) >= 11 is 0. The van der Waals surface area contributed by atoms with Crippen LogP contribution in [0.25, 0.3) is 11.0 Å². The van der Waals surface area contributed by atoms with Crippen molar-refractivity contribution in [3.63, 3.8) is 0 Å². The number of hydrogen-bond donors (Lipinski definition) is 2. The van der Waals surface area contributed by atoms with E-state index >= 15 is 0 Å². The van der Waals surface area contributed by atoms with Crippen LogP contribution in [0.4, 0.5) is 0 Å². The second-order valence-corrected chi connectivity index (χ2v) is 5.60. The number of aromatic nitrogens is 2. The van der Waals surface area contributed by atoms with Crippen molar-refractivity contribution in [3.8, 4) is 0 Å². The lowest BCUT2D eigenvalue weighted by Crippen LogP contribution is -2.35. The van der Waals surface area contributed by atoms with Crippen molar-refractivity contribution in [1.29, 1.82) is 0 Å². The van der Waals surface area contributed by atoms with Crippen molar-refractivity contribution < 1.29 is 10.2 Å². The molecule has 0 saturated heterocycles. The van der Waals surface area contributed by atoms with Gasteiger partial charge in [0, 0.05) is 13.0 Å². The minimum Gasteiger partial charge on any atom is -0.390 e. The van der Waals surface area contributed by atoms with Crippen LogP contribution in [-0.2, 0) is 13.0 Å². The third-order valence-electron chi connectivity index (χ3n) is 4.37. The van der Waals surface area contributed by atoms with Crippen molar-refractivity contribution >= 4 is 11.0 Å². The maximum absolute atomic E-state index is 10.3. The zero-order valence-corrected chi connectivity index (χ0v) is 13.2. The minimum absolute atomic E-state index is 0.138. The zero-order chi connectivity index (χ0) is 15.4. The van der Waals surface area contributed by atoms with E-state index in [1.54, 1.807) is 0 Å². The molecule has 2 rings (SSSR count). The first kappa shape index (κ1) is 16.0. The van der Waals surface area contributed by atoms with Gasteiger partial charge in [0.2, 0.25) is 0 Å². The summed E-state index contributed by atoms with van der Waals surface area (Å²) in [7, 11) is 0. The molecule has 0 spiro atoms. The number of aliphatic hydroxyl groups is 2. The highest BCUT2D eigenvalue weighted by molar-refractivity contribution is 5.75. The average Bonchev–Trinajstić information content (AvgIpc) is 2.85. The molecule has 2 N–H and O–H groups in total. The van der Waals surface area contributed by atoms with E-state index < -0.39 is 12.2 Å². The van der Waals surface area contributed by atoms with Gasteiger partial charge >= 0.3 is 0 Å². The molecule has 4 nitrogen and oxygen atoms in total. The van der Waals surface area contributed by atoms with E-state index in [0.717, 1.165) is 36.2 Å². The first-order valence-electron chi connectivity index (χ1n) is 7.92. The van der Waals surface area contributed by atoms with Gasteiger partial charge in [0.05, 0.1) is 23.2 Å². The number of imidazole rings is 1. The Balaban J connectivity index is 2.22. The number of para-hydroxylation sites is 2. The summed E-state index contributed by atoms with van der Waals surface area (Å²) in [4.78, 5) is 4.61. The van der Waals surface area contributed by atoms with Crippen LogP contribution in [0.1, 0.15) is 39.4 Å². The maximum atomic E-state index is 10.3. The highest BCUT2D eigenvalue weighted by atomic mass is 16.3. The number of aliphatic hydroxyl groups excluding tert-OH is 2. The molecule has 0 saturated carbocycles. The van der Waals surface area contributed by atoms with Gasteiger partial charge < -0.3 is 14.8 Å². The number of hydrogen-bond acceptors (Lipinski definition) is 3. The fourth-order valence-corrected chi connectivity index (χ4v) is 3.03. The normalized spacial score (nSPS) is 14.8. The van der Waals surface area contributed by atoms with Crippen LogP contribution >= 0.6 is 0 Å². The van der Waals surface area contributed by atoms with Crippen molar-refractivity contribution in [2.75, 3.05) is 0 Å². The van der Waals surface area contributed by atoms with Crippen LogP contribution in [0.5, 0.6) is 0 Å². The highest BCUT2D eigenvalue weighted by Gasteiger charge is 2.25. The average molecular weight is 290 g/mol. The third-order valence-corrected chi connectivity index (χ3v) is 4.37. The number of fused-ring (bicyclic) bond motifs is 1. The fraction of sp³-hybridized carbons (Fsp3) is 0.588. The summed E-state index contributed by atoms with van der Waals surface area (Å²) in [5.41, 5.74) is 2.03. The van der Waals surface area contributed by atoms with Gasteiger partial charge in [-0.2, -0.15) is 0 Å². The molecule has 2 atom stereocenters. The second-order valence-electron chi connectivity index (χ2n) is 5.60. The minimum atomic E-state index is -0.767. The molecule has 1 aromatic carbocycles. The van der Waals surface area contributed by atoms with Gasteiger partial charge in [0.1, 0.15) is 5.82 Å². The highest BCUT2D eigenvalue weighted by Crippen LogP contribution is 2.21. The predicted molar refractivity (Wildman–Crippen MR) is 85.2 cm³/mol. The molecule has 0 fully saturated rings. The van der Waals surface area contributed by atoms with Crippen LogP contribution in [0.2, 0.25) is 0 Å². The summed E-state index contributed by atoms with van der Waals surface area (Å²) in [5, 5.41) is 20.6. The predicted octanol–water partition coefficient (Wildman–Crippen LogP) is 2.76. The summed E-state index contributed by atoms with van der Waals surface area (Å²) in [6.07, 6.45) is 0.681. The third kappa shape index (κ3) is 3.27. The molecular formula is C17H26N2O2. The van der Waals surface area contributed by atoms with Gasteiger partial charge in [-0.05, 0) is 25.0 Å². The Morgan fingerprint density at radius 3 is 2.38 bits per heavy atom. The molecule has 21 heavy (non-hydrogen) atoms. The van der Waals surface area contributed by atoms with E-state index in [2.05, 4.69) is 16.5 Å². The lowest BCUT2D eigenvalue weighted by atomic mass is 9.91. The van der Waals surface area contributed by atoms with Gasteiger partial charge in [0.25, 0.3) is 0 Å². The van der Waals surface area contributed by atoms with Gasteiger partial charge in [0.15, 0.2) is 0 Å². The van der Waals surface area contributed by atoms with Gasteiger partial charge in [-0.25, -0.2) is 4.98 Å². The monoisotopic (exact) mass is 290 g/mol. The Kier molecular flexibility index (Phi) is 5.37. The van der Waals surface area contributed by atoms with E-state index in [0.29, 0.717) is 6.42 Å². The molecule has 0 bridgehead atoms. The molecule has 2 aromatic rings. The number of nitrogens with zero attached hydrogens (tertiary/aromatic N) is 2. The molecule has 0 aliphatic carbocycles. The zero-order valence-electron chi connectivity index (χ0n) is 13.2. The molecule has 2 unspecified atom stereocenters. The van der Waals surface area contributed by atoms with E-state index in [1.807, 2.05) is 38.1 Å². The summed E-state index contributed by atoms with van der Waals surface area (Å²) < 4.78 is 2.11. The summed E-state index contributed by atoms with van der Waals surface area (Å²) in [6.45, 7) is 6.97. The first-order chi connectivity index (χ1) is 10.1. The van der Waals surface area contributed by atoms with Crippen LogP contribution in [0.15, 0.2) is 24.3 Å². The summed E-state index contributed by atoms with van der Waals surface area (Å²) in [5.74, 6) is 0.982. The van der Waals surface area contributed by atoms with E-state index in [-0.39, 0.29) is 5.92 Å². The number of rotatable bonds is 7. The molecular weight excluding hydrogens is 264 g/mol. The Labute approximate surface area is 126 Å². The van der Waals surface area contributed by atoms with Crippen LogP contribution in [0, 0.1) is 5.92 Å². The number of benzene rings is 1. The van der Waals surface area contributed by atoms with Gasteiger partial charge in [-0.15, -0.1) is 0 Å². The topological polar surface area (TPSA) is 58.3 Å². The van der Waals surface area contributed by atoms with E-state index in [1.165, 1.54) is 0 Å². The molecule has 0 aliphatic rings. The van der Waals surface area contributed by atoms with Gasteiger partial charge in [-0.3, -0.25) is 0 Å². The van der Waals surface area contributed by atoms with Gasteiger partial charge in [-0.1, -0.05) is 38.8 Å². The summed E-state index contributed by atoms with van der Waals surface area (Å²) in [6, 6.07) is 7.98. The second kappa shape index (κ2) is 7.05. The molecule has 4 heteroatoms. The molecule has 0 radical (unpaired) electrons. The van der Waals surface area contributed by atoms with Crippen LogP contribution in [-0.4, -0.2) is 32.0 Å². The quantitative estimate of drug-likeness (QED) is 0.824. The Bertz CT molecular complexity index is 575. The van der Waals surface area contributed by atoms with Crippen molar-refractivity contribution in [2.24, 2.45) is 5.92 Å². The smallest absolute Gasteiger partial charge is 0.112 e. The van der Waals surface area contributed by atoms with Crippen LogP contribution < -0.4 is 0 Å². The molecule has 0 amide bonds. The lowest BCUT2D eigenvalue weighted by molar-refractivity contribution is -0.0199. The molecule has 1 heterocycles. The van der Waals surface area contributed by atoms with Crippen molar-refractivity contribution in [2.45, 2.75) is 58.8 Å². The van der Waals surface area contributed by atoms with E-state index in [4.69, 9.17) is 0 Å². The number of aryl methyl sites for hydroxylation is 1. The molecule has 0 aliphatic heterocycles. The van der Waals surface area contributed by atoms with Crippen LogP contribution in [0.3, 0.4) is 0 Å². The lowest BCUT2D eigenvalue weighted by Gasteiger charge is -2.25. The van der Waals surface area contributed by atoms with Crippen molar-refractivity contribution in [3.05, 3.63) is 30.1 Å². The molecule has 116 valence electrons. The standard InChI is InChI=1S/C17H26N2O2/c1-4-12(5-2)17(21)15(20)11-16-18-13-9-7-8-10-14(13)19(16)6-3/h7-10,12,15,17,20-21H,4-6,11H2,1-3H3. The Morgan fingerprint density at radius 1 is 1.10 bits per heavy atom. The van der Waals surface area contributed by atoms with Crippen molar-refractivity contribution in [1.82, 2.24) is 9.55 Å². The SMILES string of the molecule is CCC(CC)C(O)C(O)Cc1nc2ccccc2n1CC. The largest absolute Gasteiger partial charge is 0.390 e. The Hall–Kier alpha value is -1.39. The van der Waals surface area contributed by atoms with E-state index in [9.17, 15) is 10.2 Å². The fourth-order valence-electron chi connectivity index (χ4n) is 3.03.